The van der Waals surface area contributed by atoms with E-state index in [4.69, 9.17) is 9.47 Å². The number of aromatic nitrogens is 1. The summed E-state index contributed by atoms with van der Waals surface area (Å²) < 4.78 is 12.3. The zero-order chi connectivity index (χ0) is 20.3. The van der Waals surface area contributed by atoms with Gasteiger partial charge in [-0.3, -0.25) is 4.79 Å². The second kappa shape index (κ2) is 8.27. The van der Waals surface area contributed by atoms with E-state index in [2.05, 4.69) is 0 Å². The van der Waals surface area contributed by atoms with Gasteiger partial charge in [0.15, 0.2) is 6.61 Å². The Morgan fingerprint density at radius 1 is 1.04 bits per heavy atom. The summed E-state index contributed by atoms with van der Waals surface area (Å²) >= 11 is 0. The highest BCUT2D eigenvalue weighted by molar-refractivity contribution is 6.02. The Balaban J connectivity index is 1.73. The fourth-order valence-electron chi connectivity index (χ4n) is 3.29. The second-order valence-electron chi connectivity index (χ2n) is 6.65. The summed E-state index contributed by atoms with van der Waals surface area (Å²) in [5.74, 6) is -1.19. The second-order valence-corrected chi connectivity index (χ2v) is 6.65. The van der Waals surface area contributed by atoms with Crippen molar-refractivity contribution in [2.24, 2.45) is 0 Å². The van der Waals surface area contributed by atoms with Crippen LogP contribution >= 0.6 is 0 Å². The smallest absolute Gasteiger partial charge is 0.342 e. The van der Waals surface area contributed by atoms with Crippen molar-refractivity contribution in [3.8, 4) is 5.75 Å². The lowest BCUT2D eigenvalue weighted by Gasteiger charge is -2.09. The molecule has 0 atom stereocenters. The van der Waals surface area contributed by atoms with Crippen molar-refractivity contribution >= 4 is 22.5 Å². The van der Waals surface area contributed by atoms with E-state index in [9.17, 15) is 14.7 Å². The molecule has 0 amide bonds. The van der Waals surface area contributed by atoms with Gasteiger partial charge >= 0.3 is 5.97 Å². The molecule has 0 aliphatic rings. The van der Waals surface area contributed by atoms with E-state index in [1.54, 1.807) is 19.2 Å². The summed E-state index contributed by atoms with van der Waals surface area (Å²) in [5, 5.41) is 11.7. The Hall–Kier alpha value is -3.12. The molecule has 0 radical (unpaired) electrons. The van der Waals surface area contributed by atoms with Crippen molar-refractivity contribution < 1.29 is 24.2 Å². The highest BCUT2D eigenvalue weighted by atomic mass is 16.5. The van der Waals surface area contributed by atoms with Crippen LogP contribution in [-0.4, -0.2) is 41.7 Å². The standard InChI is InChI=1S/C22H23NO5/c1-14-10-18(15(2)23(14)8-9-27-3)21(25)13-28-22(26)19-11-16-6-4-5-7-17(16)12-20(19)24/h4-7,10-12,24H,8-9,13H2,1-3H3. The van der Waals surface area contributed by atoms with Gasteiger partial charge in [0.1, 0.15) is 11.3 Å². The number of hydrogen-bond donors (Lipinski definition) is 1. The summed E-state index contributed by atoms with van der Waals surface area (Å²) in [6.45, 7) is 4.57. The first-order valence-corrected chi connectivity index (χ1v) is 9.00. The number of methoxy groups -OCH3 is 1. The number of carbonyl (C=O) groups is 2. The Kier molecular flexibility index (Phi) is 5.80. The molecule has 1 heterocycles. The zero-order valence-electron chi connectivity index (χ0n) is 16.2. The average molecular weight is 381 g/mol. The van der Waals surface area contributed by atoms with Gasteiger partial charge in [-0.2, -0.15) is 0 Å². The van der Waals surface area contributed by atoms with Crippen molar-refractivity contribution in [2.45, 2.75) is 20.4 Å². The van der Waals surface area contributed by atoms with E-state index in [0.717, 1.165) is 22.2 Å². The van der Waals surface area contributed by atoms with Gasteiger partial charge in [0.2, 0.25) is 5.78 Å². The van der Waals surface area contributed by atoms with E-state index in [0.29, 0.717) is 18.7 Å². The summed E-state index contributed by atoms with van der Waals surface area (Å²) in [5.41, 5.74) is 2.31. The average Bonchev–Trinajstić information content (AvgIpc) is 2.97. The lowest BCUT2D eigenvalue weighted by molar-refractivity contribution is 0.0471. The Bertz CT molecular complexity index is 1030. The Morgan fingerprint density at radius 2 is 1.71 bits per heavy atom. The summed E-state index contributed by atoms with van der Waals surface area (Å²) in [4.78, 5) is 24.9. The van der Waals surface area contributed by atoms with Crippen LogP contribution in [0.1, 0.15) is 32.1 Å². The molecule has 1 N–H and O–H groups in total. The van der Waals surface area contributed by atoms with Crippen molar-refractivity contribution in [1.29, 1.82) is 0 Å². The number of esters is 1. The van der Waals surface area contributed by atoms with Gasteiger partial charge < -0.3 is 19.1 Å². The number of ether oxygens (including phenoxy) is 2. The minimum absolute atomic E-state index is 0.0390. The predicted molar refractivity (Wildman–Crippen MR) is 106 cm³/mol. The summed E-state index contributed by atoms with van der Waals surface area (Å²) in [7, 11) is 1.63. The van der Waals surface area contributed by atoms with Crippen LogP contribution in [0.5, 0.6) is 5.75 Å². The highest BCUT2D eigenvalue weighted by Crippen LogP contribution is 2.25. The molecule has 0 aliphatic carbocycles. The van der Waals surface area contributed by atoms with Gasteiger partial charge in [0.05, 0.1) is 6.61 Å². The van der Waals surface area contributed by atoms with Crippen LogP contribution in [0.25, 0.3) is 10.8 Å². The maximum absolute atomic E-state index is 12.6. The minimum Gasteiger partial charge on any atom is -0.507 e. The largest absolute Gasteiger partial charge is 0.507 e. The van der Waals surface area contributed by atoms with Gasteiger partial charge in [-0.1, -0.05) is 24.3 Å². The number of aryl methyl sites for hydroxylation is 1. The number of nitrogens with zero attached hydrogens (tertiary/aromatic N) is 1. The molecule has 0 spiro atoms. The van der Waals surface area contributed by atoms with Crippen LogP contribution in [-0.2, 0) is 16.0 Å². The summed E-state index contributed by atoms with van der Waals surface area (Å²) in [6, 6.07) is 12.2. The highest BCUT2D eigenvalue weighted by Gasteiger charge is 2.19. The van der Waals surface area contributed by atoms with Crippen LogP contribution in [0.3, 0.4) is 0 Å². The molecule has 3 aromatic rings. The molecule has 3 rings (SSSR count). The van der Waals surface area contributed by atoms with E-state index in [1.165, 1.54) is 6.07 Å². The molecule has 0 aliphatic heterocycles. The third-order valence-electron chi connectivity index (χ3n) is 4.81. The van der Waals surface area contributed by atoms with Crippen LogP contribution in [0, 0.1) is 13.8 Å². The number of aromatic hydroxyl groups is 1. The van der Waals surface area contributed by atoms with E-state index in [1.807, 2.05) is 42.7 Å². The normalized spacial score (nSPS) is 11.0. The molecule has 0 fully saturated rings. The van der Waals surface area contributed by atoms with Crippen molar-refractivity contribution in [1.82, 2.24) is 4.57 Å². The van der Waals surface area contributed by atoms with Crippen LogP contribution in [0.4, 0.5) is 0 Å². The predicted octanol–water partition coefficient (Wildman–Crippen LogP) is 3.65. The number of ketones is 1. The molecule has 0 saturated heterocycles. The molecular formula is C22H23NO5. The van der Waals surface area contributed by atoms with Crippen molar-refractivity contribution in [2.75, 3.05) is 20.3 Å². The van der Waals surface area contributed by atoms with Gasteiger partial charge in [0.25, 0.3) is 0 Å². The number of benzene rings is 2. The van der Waals surface area contributed by atoms with Crippen molar-refractivity contribution in [3.05, 3.63) is 65.0 Å². The van der Waals surface area contributed by atoms with Gasteiger partial charge in [0, 0.05) is 30.6 Å². The number of rotatable bonds is 7. The number of phenolic OH excluding ortho intramolecular Hbond substituents is 1. The van der Waals surface area contributed by atoms with E-state index in [-0.39, 0.29) is 23.7 Å². The molecule has 0 unspecified atom stereocenters. The number of Topliss-reactive ketones (excluding diaryl/α,β-unsaturated/α-hetero) is 1. The number of phenols is 1. The molecule has 1 aromatic heterocycles. The monoisotopic (exact) mass is 381 g/mol. The van der Waals surface area contributed by atoms with Crippen molar-refractivity contribution in [3.63, 3.8) is 0 Å². The molecule has 146 valence electrons. The Morgan fingerprint density at radius 3 is 2.39 bits per heavy atom. The fourth-order valence-corrected chi connectivity index (χ4v) is 3.29. The molecule has 6 heteroatoms. The molecule has 28 heavy (non-hydrogen) atoms. The zero-order valence-corrected chi connectivity index (χ0v) is 16.2. The maximum atomic E-state index is 12.6. The molecular weight excluding hydrogens is 358 g/mol. The third-order valence-corrected chi connectivity index (χ3v) is 4.81. The molecule has 0 saturated carbocycles. The van der Waals surface area contributed by atoms with Gasteiger partial charge in [-0.05, 0) is 42.8 Å². The van der Waals surface area contributed by atoms with E-state index >= 15 is 0 Å². The summed E-state index contributed by atoms with van der Waals surface area (Å²) in [6.07, 6.45) is 0. The van der Waals surface area contributed by atoms with Gasteiger partial charge in [-0.15, -0.1) is 0 Å². The number of fused-ring (bicyclic) bond motifs is 1. The topological polar surface area (TPSA) is 77.8 Å². The Labute approximate surface area is 163 Å². The fraction of sp³-hybridized carbons (Fsp3) is 0.273. The number of carbonyl (C=O) groups excluding carboxylic acids is 2. The third kappa shape index (κ3) is 3.92. The first-order chi connectivity index (χ1) is 13.4. The molecule has 6 nitrogen and oxygen atoms in total. The first-order valence-electron chi connectivity index (χ1n) is 9.00. The molecule has 0 bridgehead atoms. The van der Waals surface area contributed by atoms with Crippen LogP contribution in [0.2, 0.25) is 0 Å². The number of hydrogen-bond acceptors (Lipinski definition) is 5. The molecule has 2 aromatic carbocycles. The SMILES string of the molecule is COCCn1c(C)cc(C(=O)COC(=O)c2cc3ccccc3cc2O)c1C. The van der Waals surface area contributed by atoms with Gasteiger partial charge in [-0.25, -0.2) is 4.79 Å². The minimum atomic E-state index is -0.732. The quantitative estimate of drug-likeness (QED) is 0.499. The maximum Gasteiger partial charge on any atom is 0.342 e. The van der Waals surface area contributed by atoms with E-state index < -0.39 is 5.97 Å². The van der Waals surface area contributed by atoms with Crippen LogP contribution in [0.15, 0.2) is 42.5 Å². The van der Waals surface area contributed by atoms with Crippen LogP contribution < -0.4 is 0 Å². The first kappa shape index (κ1) is 19.6. The lowest BCUT2D eigenvalue weighted by atomic mass is 10.1. The lowest BCUT2D eigenvalue weighted by Crippen LogP contribution is -2.15.